The molecule has 18 heavy (non-hydrogen) atoms. The largest absolute Gasteiger partial charge is 0.388 e. The van der Waals surface area contributed by atoms with Crippen LogP contribution < -0.4 is 0 Å². The van der Waals surface area contributed by atoms with Gasteiger partial charge in [0.1, 0.15) is 0 Å². The predicted molar refractivity (Wildman–Crippen MR) is 74.0 cm³/mol. The lowest BCUT2D eigenvalue weighted by atomic mass is 9.78. The first-order valence-electron chi connectivity index (χ1n) is 7.01. The smallest absolute Gasteiger partial charge is 0.0793 e. The molecule has 0 aromatic heterocycles. The molecule has 2 aliphatic carbocycles. The molecule has 0 radical (unpaired) electrons. The highest BCUT2D eigenvalue weighted by atomic mass is 16.3. The SMILES string of the molecule is CC1CC[C@H](O)c2cc3c4c(cccc4c21)CC3. The van der Waals surface area contributed by atoms with Gasteiger partial charge in [0.2, 0.25) is 0 Å². The van der Waals surface area contributed by atoms with E-state index in [1.54, 1.807) is 0 Å². The van der Waals surface area contributed by atoms with Crippen molar-refractivity contribution in [1.82, 2.24) is 0 Å². The molecule has 0 bridgehead atoms. The first-order valence-corrected chi connectivity index (χ1v) is 7.01. The molecular formula is C17H18O. The number of rotatable bonds is 0. The van der Waals surface area contributed by atoms with Crippen molar-refractivity contribution in [2.24, 2.45) is 0 Å². The fraction of sp³-hybridized carbons (Fsp3) is 0.412. The summed E-state index contributed by atoms with van der Waals surface area (Å²) in [5.41, 5.74) is 5.57. The summed E-state index contributed by atoms with van der Waals surface area (Å²) in [7, 11) is 0. The highest BCUT2D eigenvalue weighted by molar-refractivity contribution is 5.94. The summed E-state index contributed by atoms with van der Waals surface area (Å²) in [6.07, 6.45) is 4.08. The van der Waals surface area contributed by atoms with Gasteiger partial charge in [-0.1, -0.05) is 31.2 Å². The number of hydrogen-bond acceptors (Lipinski definition) is 1. The highest BCUT2D eigenvalue weighted by Crippen LogP contribution is 2.44. The van der Waals surface area contributed by atoms with Gasteiger partial charge in [0, 0.05) is 0 Å². The fourth-order valence-electron chi connectivity index (χ4n) is 3.91. The van der Waals surface area contributed by atoms with Crippen molar-refractivity contribution in [3.05, 3.63) is 46.5 Å². The molecule has 92 valence electrons. The number of benzene rings is 2. The molecule has 1 N–H and O–H groups in total. The molecule has 4 rings (SSSR count). The average molecular weight is 238 g/mol. The van der Waals surface area contributed by atoms with E-state index in [9.17, 15) is 5.11 Å². The van der Waals surface area contributed by atoms with Crippen LogP contribution in [-0.2, 0) is 12.8 Å². The molecule has 2 aliphatic rings. The summed E-state index contributed by atoms with van der Waals surface area (Å²) in [5.74, 6) is 0.577. The molecule has 0 spiro atoms. The molecular weight excluding hydrogens is 220 g/mol. The third-order valence-corrected chi connectivity index (χ3v) is 4.79. The maximum Gasteiger partial charge on any atom is 0.0793 e. The third-order valence-electron chi connectivity index (χ3n) is 4.79. The van der Waals surface area contributed by atoms with Crippen LogP contribution in [0.3, 0.4) is 0 Å². The van der Waals surface area contributed by atoms with Crippen molar-refractivity contribution >= 4 is 10.8 Å². The standard InChI is InChI=1S/C17H18O/c1-10-5-8-15(18)14-9-12-7-6-11-3-2-4-13(16(10)14)17(11)12/h2-4,9-10,15,18H,5-8H2,1H3/t10?,15-/m0/s1. The molecule has 0 aliphatic heterocycles. The minimum Gasteiger partial charge on any atom is -0.388 e. The second-order valence-electron chi connectivity index (χ2n) is 5.87. The molecule has 0 fully saturated rings. The lowest BCUT2D eigenvalue weighted by Gasteiger charge is -2.28. The van der Waals surface area contributed by atoms with Crippen LogP contribution in [0.15, 0.2) is 24.3 Å². The van der Waals surface area contributed by atoms with Crippen LogP contribution in [0, 0.1) is 0 Å². The van der Waals surface area contributed by atoms with E-state index in [1.807, 2.05) is 0 Å². The quantitative estimate of drug-likeness (QED) is 0.738. The van der Waals surface area contributed by atoms with E-state index in [1.165, 1.54) is 39.4 Å². The Morgan fingerprint density at radius 1 is 1.11 bits per heavy atom. The molecule has 0 heterocycles. The monoisotopic (exact) mass is 238 g/mol. The topological polar surface area (TPSA) is 20.2 Å². The highest BCUT2D eigenvalue weighted by Gasteiger charge is 2.28. The molecule has 2 aromatic rings. The van der Waals surface area contributed by atoms with Crippen molar-refractivity contribution in [1.29, 1.82) is 0 Å². The van der Waals surface area contributed by atoms with Crippen LogP contribution in [0.5, 0.6) is 0 Å². The average Bonchev–Trinajstić information content (AvgIpc) is 2.79. The summed E-state index contributed by atoms with van der Waals surface area (Å²) in [6.45, 7) is 2.30. The first kappa shape index (κ1) is 10.6. The summed E-state index contributed by atoms with van der Waals surface area (Å²) in [6, 6.07) is 8.98. The zero-order valence-electron chi connectivity index (χ0n) is 10.7. The summed E-state index contributed by atoms with van der Waals surface area (Å²) < 4.78 is 0. The van der Waals surface area contributed by atoms with Crippen molar-refractivity contribution in [2.45, 2.75) is 44.6 Å². The van der Waals surface area contributed by atoms with Crippen molar-refractivity contribution in [3.8, 4) is 0 Å². The van der Waals surface area contributed by atoms with Gasteiger partial charge >= 0.3 is 0 Å². The van der Waals surface area contributed by atoms with Crippen molar-refractivity contribution in [2.75, 3.05) is 0 Å². The van der Waals surface area contributed by atoms with E-state index in [0.717, 1.165) is 19.3 Å². The van der Waals surface area contributed by atoms with Crippen LogP contribution in [0.1, 0.15) is 54.0 Å². The van der Waals surface area contributed by atoms with Gasteiger partial charge < -0.3 is 5.11 Å². The Bertz CT molecular complexity index is 642. The molecule has 0 saturated carbocycles. The van der Waals surface area contributed by atoms with Gasteiger partial charge in [-0.2, -0.15) is 0 Å². The Morgan fingerprint density at radius 3 is 2.83 bits per heavy atom. The first-order chi connectivity index (χ1) is 8.75. The lowest BCUT2D eigenvalue weighted by molar-refractivity contribution is 0.152. The zero-order chi connectivity index (χ0) is 12.3. The maximum absolute atomic E-state index is 10.3. The molecule has 2 aromatic carbocycles. The van der Waals surface area contributed by atoms with E-state index in [2.05, 4.69) is 31.2 Å². The van der Waals surface area contributed by atoms with E-state index in [4.69, 9.17) is 0 Å². The number of aryl methyl sites for hydroxylation is 2. The summed E-state index contributed by atoms with van der Waals surface area (Å²) in [4.78, 5) is 0. The molecule has 2 atom stereocenters. The Labute approximate surface area is 107 Å². The summed E-state index contributed by atoms with van der Waals surface area (Å²) in [5, 5.41) is 13.2. The Kier molecular flexibility index (Phi) is 2.10. The van der Waals surface area contributed by atoms with E-state index in [0.29, 0.717) is 5.92 Å². The Hall–Kier alpha value is -1.34. The minimum atomic E-state index is -0.249. The molecule has 1 nitrogen and oxygen atoms in total. The zero-order valence-corrected chi connectivity index (χ0v) is 10.7. The third kappa shape index (κ3) is 1.26. The van der Waals surface area contributed by atoms with E-state index >= 15 is 0 Å². The maximum atomic E-state index is 10.3. The minimum absolute atomic E-state index is 0.249. The molecule has 0 saturated heterocycles. The fourth-order valence-corrected chi connectivity index (χ4v) is 3.91. The Morgan fingerprint density at radius 2 is 1.94 bits per heavy atom. The number of fused-ring (bicyclic) bond motifs is 2. The normalized spacial score (nSPS) is 25.4. The van der Waals surface area contributed by atoms with E-state index < -0.39 is 0 Å². The lowest BCUT2D eigenvalue weighted by Crippen LogP contribution is -2.13. The second kappa shape index (κ2) is 3.58. The second-order valence-corrected chi connectivity index (χ2v) is 5.87. The van der Waals surface area contributed by atoms with Crippen LogP contribution in [0.2, 0.25) is 0 Å². The molecule has 0 amide bonds. The van der Waals surface area contributed by atoms with Crippen molar-refractivity contribution < 1.29 is 5.11 Å². The van der Waals surface area contributed by atoms with Gasteiger partial charge in [-0.25, -0.2) is 0 Å². The number of aliphatic hydroxyl groups excluding tert-OH is 1. The number of aliphatic hydroxyl groups is 1. The van der Waals surface area contributed by atoms with Gasteiger partial charge in [-0.15, -0.1) is 0 Å². The van der Waals surface area contributed by atoms with Crippen LogP contribution in [-0.4, -0.2) is 5.11 Å². The molecule has 1 heteroatoms. The van der Waals surface area contributed by atoms with Gasteiger partial charge in [0.15, 0.2) is 0 Å². The van der Waals surface area contributed by atoms with Gasteiger partial charge in [-0.05, 0) is 64.6 Å². The van der Waals surface area contributed by atoms with Crippen LogP contribution in [0.25, 0.3) is 10.8 Å². The Balaban J connectivity index is 2.15. The van der Waals surface area contributed by atoms with Gasteiger partial charge in [0.05, 0.1) is 6.10 Å². The molecule has 1 unspecified atom stereocenters. The summed E-state index contributed by atoms with van der Waals surface area (Å²) >= 11 is 0. The predicted octanol–water partition coefficient (Wildman–Crippen LogP) is 3.87. The number of hydrogen-bond donors (Lipinski definition) is 1. The van der Waals surface area contributed by atoms with E-state index in [-0.39, 0.29) is 6.10 Å². The van der Waals surface area contributed by atoms with Gasteiger partial charge in [0.25, 0.3) is 0 Å². The van der Waals surface area contributed by atoms with Crippen LogP contribution in [0.4, 0.5) is 0 Å². The van der Waals surface area contributed by atoms with Crippen molar-refractivity contribution in [3.63, 3.8) is 0 Å². The van der Waals surface area contributed by atoms with Gasteiger partial charge in [-0.3, -0.25) is 0 Å². The van der Waals surface area contributed by atoms with Crippen LogP contribution >= 0.6 is 0 Å².